The third kappa shape index (κ3) is 4.74. The van der Waals surface area contributed by atoms with Gasteiger partial charge in [0.2, 0.25) is 0 Å². The molecule has 2 aromatic rings. The highest BCUT2D eigenvalue weighted by molar-refractivity contribution is 14.0. The van der Waals surface area contributed by atoms with Gasteiger partial charge in [-0.3, -0.25) is 9.39 Å². The van der Waals surface area contributed by atoms with Gasteiger partial charge in [-0.25, -0.2) is 0 Å². The molecule has 2 fully saturated rings. The van der Waals surface area contributed by atoms with E-state index in [-0.39, 0.29) is 24.0 Å². The number of halogens is 1. The average molecular weight is 526 g/mol. The van der Waals surface area contributed by atoms with Crippen molar-refractivity contribution in [2.75, 3.05) is 19.7 Å². The lowest BCUT2D eigenvalue weighted by Crippen LogP contribution is -2.65. The van der Waals surface area contributed by atoms with Crippen molar-refractivity contribution >= 4 is 35.6 Å². The Bertz CT molecular complexity index is 832. The fraction of sp³-hybridized carbons (Fsp3) is 0.682. The van der Waals surface area contributed by atoms with Crippen molar-refractivity contribution in [2.24, 2.45) is 10.4 Å². The third-order valence-corrected chi connectivity index (χ3v) is 6.56. The summed E-state index contributed by atoms with van der Waals surface area (Å²) in [7, 11) is 0. The highest BCUT2D eigenvalue weighted by Gasteiger charge is 2.56. The van der Waals surface area contributed by atoms with Gasteiger partial charge in [0.25, 0.3) is 0 Å². The zero-order valence-electron chi connectivity index (χ0n) is 18.1. The fourth-order valence-electron chi connectivity index (χ4n) is 5.06. The molecule has 2 unspecified atom stereocenters. The number of pyridine rings is 1. The van der Waals surface area contributed by atoms with Gasteiger partial charge in [0.1, 0.15) is 5.82 Å². The van der Waals surface area contributed by atoms with Crippen molar-refractivity contribution in [1.29, 1.82) is 0 Å². The van der Waals surface area contributed by atoms with E-state index in [0.717, 1.165) is 56.4 Å². The Hall–Kier alpha value is -1.42. The van der Waals surface area contributed by atoms with Crippen LogP contribution in [0.5, 0.6) is 0 Å². The van der Waals surface area contributed by atoms with Crippen LogP contribution in [0.15, 0.2) is 29.4 Å². The van der Waals surface area contributed by atoms with Crippen LogP contribution in [-0.2, 0) is 11.2 Å². The highest BCUT2D eigenvalue weighted by Crippen LogP contribution is 2.54. The molecule has 0 radical (unpaired) electrons. The van der Waals surface area contributed by atoms with E-state index in [1.54, 1.807) is 0 Å². The number of nitrogens with zero attached hydrogens (tertiary/aromatic N) is 4. The van der Waals surface area contributed by atoms with Crippen molar-refractivity contribution in [3.63, 3.8) is 0 Å². The van der Waals surface area contributed by atoms with Crippen molar-refractivity contribution in [2.45, 2.75) is 70.9 Å². The van der Waals surface area contributed by atoms with Gasteiger partial charge in [-0.1, -0.05) is 18.9 Å². The van der Waals surface area contributed by atoms with Gasteiger partial charge in [0.05, 0.1) is 6.10 Å². The molecule has 4 rings (SSSR count). The second kappa shape index (κ2) is 10.7. The zero-order valence-corrected chi connectivity index (χ0v) is 20.5. The Balaban J connectivity index is 0.00000256. The van der Waals surface area contributed by atoms with Gasteiger partial charge < -0.3 is 15.4 Å². The molecule has 0 aliphatic heterocycles. The van der Waals surface area contributed by atoms with E-state index in [9.17, 15) is 0 Å². The largest absolute Gasteiger partial charge is 0.378 e. The first-order chi connectivity index (χ1) is 14.3. The fourth-order valence-corrected chi connectivity index (χ4v) is 5.06. The normalized spacial score (nSPS) is 22.7. The SMILES string of the molecule is CCNC(=NCCCc1nnc2ccccn12)NC1CC(OCC)C12CCCC2.I. The molecule has 0 aromatic carbocycles. The summed E-state index contributed by atoms with van der Waals surface area (Å²) < 4.78 is 8.10. The first-order valence-electron chi connectivity index (χ1n) is 11.2. The molecule has 0 amide bonds. The van der Waals surface area contributed by atoms with E-state index in [1.807, 2.05) is 24.4 Å². The molecular formula is C22H35IN6O. The molecule has 2 N–H and O–H groups in total. The van der Waals surface area contributed by atoms with Crippen LogP contribution in [-0.4, -0.2) is 52.4 Å². The maximum atomic E-state index is 6.05. The molecule has 0 saturated heterocycles. The van der Waals surface area contributed by atoms with Crippen LogP contribution < -0.4 is 10.6 Å². The number of rotatable bonds is 8. The van der Waals surface area contributed by atoms with Gasteiger partial charge in [0, 0.05) is 43.8 Å². The van der Waals surface area contributed by atoms with Crippen molar-refractivity contribution in [3.8, 4) is 0 Å². The predicted octanol–water partition coefficient (Wildman–Crippen LogP) is 3.57. The molecule has 30 heavy (non-hydrogen) atoms. The number of guanidine groups is 1. The summed E-state index contributed by atoms with van der Waals surface area (Å²) >= 11 is 0. The van der Waals surface area contributed by atoms with Crippen molar-refractivity contribution in [3.05, 3.63) is 30.2 Å². The molecule has 2 aliphatic rings. The summed E-state index contributed by atoms with van der Waals surface area (Å²) in [4.78, 5) is 4.84. The Morgan fingerprint density at radius 1 is 1.27 bits per heavy atom. The minimum absolute atomic E-state index is 0. The number of aromatic nitrogens is 3. The Morgan fingerprint density at radius 3 is 2.87 bits per heavy atom. The van der Waals surface area contributed by atoms with Crippen LogP contribution in [0.1, 0.15) is 58.2 Å². The maximum Gasteiger partial charge on any atom is 0.191 e. The van der Waals surface area contributed by atoms with Gasteiger partial charge in [-0.2, -0.15) is 0 Å². The van der Waals surface area contributed by atoms with E-state index in [0.29, 0.717) is 17.6 Å². The van der Waals surface area contributed by atoms with Crippen molar-refractivity contribution in [1.82, 2.24) is 25.2 Å². The Labute approximate surface area is 196 Å². The molecule has 166 valence electrons. The summed E-state index contributed by atoms with van der Waals surface area (Å²) in [5, 5.41) is 15.7. The van der Waals surface area contributed by atoms with Crippen LogP contribution in [0.2, 0.25) is 0 Å². The molecule has 7 nitrogen and oxygen atoms in total. The monoisotopic (exact) mass is 526 g/mol. The second-order valence-corrected chi connectivity index (χ2v) is 8.23. The van der Waals surface area contributed by atoms with Gasteiger partial charge in [-0.05, 0) is 51.7 Å². The maximum absolute atomic E-state index is 6.05. The topological polar surface area (TPSA) is 75.8 Å². The number of aryl methyl sites for hydroxylation is 1. The minimum atomic E-state index is 0. The second-order valence-electron chi connectivity index (χ2n) is 8.23. The van der Waals surface area contributed by atoms with Crippen LogP contribution in [0, 0.1) is 5.41 Å². The van der Waals surface area contributed by atoms with Crippen molar-refractivity contribution < 1.29 is 4.74 Å². The zero-order chi connectivity index (χ0) is 20.1. The summed E-state index contributed by atoms with van der Waals surface area (Å²) in [6, 6.07) is 6.45. The summed E-state index contributed by atoms with van der Waals surface area (Å²) in [6.07, 6.45) is 10.5. The Morgan fingerprint density at radius 2 is 2.10 bits per heavy atom. The van der Waals surface area contributed by atoms with Gasteiger partial charge in [-0.15, -0.1) is 34.2 Å². The predicted molar refractivity (Wildman–Crippen MR) is 131 cm³/mol. The number of aliphatic imine (C=N–C) groups is 1. The summed E-state index contributed by atoms with van der Waals surface area (Å²) in [5.74, 6) is 1.93. The van der Waals surface area contributed by atoms with E-state index < -0.39 is 0 Å². The van der Waals surface area contributed by atoms with Crippen LogP contribution in [0.4, 0.5) is 0 Å². The van der Waals surface area contributed by atoms with Crippen LogP contribution >= 0.6 is 24.0 Å². The molecular weight excluding hydrogens is 491 g/mol. The number of ether oxygens (including phenoxy) is 1. The van der Waals surface area contributed by atoms with E-state index in [2.05, 4.69) is 39.1 Å². The lowest BCUT2D eigenvalue weighted by Gasteiger charge is -2.54. The molecule has 2 aliphatic carbocycles. The van der Waals surface area contributed by atoms with Gasteiger partial charge >= 0.3 is 0 Å². The Kier molecular flexibility index (Phi) is 8.33. The molecule has 1 spiro atoms. The minimum Gasteiger partial charge on any atom is -0.378 e. The van der Waals surface area contributed by atoms with Crippen LogP contribution in [0.3, 0.4) is 0 Å². The first-order valence-corrected chi connectivity index (χ1v) is 11.2. The number of hydrogen-bond donors (Lipinski definition) is 2. The highest BCUT2D eigenvalue weighted by atomic mass is 127. The number of fused-ring (bicyclic) bond motifs is 1. The standard InChI is InChI=1S/C22H34N6O.HI/c1-3-23-21(25-17-16-18(29-4-2)22(17)12-6-7-13-22)24-14-9-11-20-27-26-19-10-5-8-15-28(19)20;/h5,8,10,15,17-18H,3-4,6-7,9,11-14,16H2,1-2H3,(H2,23,24,25);1H. The average Bonchev–Trinajstić information content (AvgIpc) is 3.40. The molecule has 8 heteroatoms. The molecule has 2 saturated carbocycles. The van der Waals surface area contributed by atoms with E-state index >= 15 is 0 Å². The third-order valence-electron chi connectivity index (χ3n) is 6.56. The summed E-state index contributed by atoms with van der Waals surface area (Å²) in [5.41, 5.74) is 1.21. The van der Waals surface area contributed by atoms with E-state index in [1.165, 1.54) is 25.7 Å². The molecule has 2 atom stereocenters. The lowest BCUT2D eigenvalue weighted by molar-refractivity contribution is -0.125. The number of nitrogens with one attached hydrogen (secondary N) is 2. The van der Waals surface area contributed by atoms with Gasteiger partial charge in [0.15, 0.2) is 11.6 Å². The number of hydrogen-bond acceptors (Lipinski definition) is 4. The van der Waals surface area contributed by atoms with E-state index in [4.69, 9.17) is 9.73 Å². The first kappa shape index (κ1) is 23.2. The molecule has 0 bridgehead atoms. The summed E-state index contributed by atoms with van der Waals surface area (Å²) in [6.45, 7) is 6.67. The molecule has 2 aromatic heterocycles. The lowest BCUT2D eigenvalue weighted by atomic mass is 9.60. The quantitative estimate of drug-likeness (QED) is 0.238. The smallest absolute Gasteiger partial charge is 0.191 e. The van der Waals surface area contributed by atoms with Crippen LogP contribution in [0.25, 0.3) is 5.65 Å². The molecule has 2 heterocycles.